The highest BCUT2D eigenvalue weighted by molar-refractivity contribution is 6.37. The van der Waals surface area contributed by atoms with Crippen molar-refractivity contribution in [3.63, 3.8) is 0 Å². The van der Waals surface area contributed by atoms with Gasteiger partial charge in [-0.1, -0.05) is 46.4 Å². The number of anilines is 2. The van der Waals surface area contributed by atoms with E-state index in [0.717, 1.165) is 0 Å². The molecule has 2 aliphatic rings. The summed E-state index contributed by atoms with van der Waals surface area (Å²) in [6.45, 7) is 0. The van der Waals surface area contributed by atoms with Gasteiger partial charge in [-0.25, -0.2) is 0 Å². The van der Waals surface area contributed by atoms with Crippen LogP contribution in [0.25, 0.3) is 0 Å². The van der Waals surface area contributed by atoms with Crippen molar-refractivity contribution < 1.29 is 14.4 Å². The zero-order valence-corrected chi connectivity index (χ0v) is 19.2. The summed E-state index contributed by atoms with van der Waals surface area (Å²) in [5, 5.41) is 15.8. The molecule has 3 amide bonds. The lowest BCUT2D eigenvalue weighted by molar-refractivity contribution is -0.144. The van der Waals surface area contributed by atoms with Crippen LogP contribution >= 0.6 is 46.4 Å². The molecular formula is C20H17Cl4N5O3. The lowest BCUT2D eigenvalue weighted by Gasteiger charge is -2.43. The molecule has 4 unspecified atom stereocenters. The number of hydrogen-bond donors (Lipinski definition) is 5. The molecule has 12 heteroatoms. The largest absolute Gasteiger partial charge is 0.352 e. The number of hydrogen-bond acceptors (Lipinski definition) is 5. The first kappa shape index (κ1) is 22.9. The van der Waals surface area contributed by atoms with Crippen LogP contribution in [0.5, 0.6) is 0 Å². The molecule has 0 aliphatic carbocycles. The van der Waals surface area contributed by atoms with Gasteiger partial charge in [-0.3, -0.25) is 19.7 Å². The van der Waals surface area contributed by atoms with Crippen LogP contribution in [0.1, 0.15) is 6.42 Å². The third-order valence-electron chi connectivity index (χ3n) is 5.21. The summed E-state index contributed by atoms with van der Waals surface area (Å²) < 4.78 is 0. The van der Waals surface area contributed by atoms with Crippen molar-refractivity contribution in [1.82, 2.24) is 16.0 Å². The number of piperidine rings is 1. The summed E-state index contributed by atoms with van der Waals surface area (Å²) in [7, 11) is 0. The molecule has 32 heavy (non-hydrogen) atoms. The minimum absolute atomic E-state index is 0.144. The molecule has 4 atom stereocenters. The number of benzene rings is 2. The summed E-state index contributed by atoms with van der Waals surface area (Å²) in [5.41, 5.74) is 0.867. The van der Waals surface area contributed by atoms with E-state index >= 15 is 0 Å². The molecule has 2 saturated heterocycles. The van der Waals surface area contributed by atoms with Crippen molar-refractivity contribution in [1.29, 1.82) is 0 Å². The van der Waals surface area contributed by atoms with Crippen molar-refractivity contribution in [2.24, 2.45) is 11.8 Å². The molecule has 2 aromatic rings. The molecule has 0 radical (unpaired) electrons. The average Bonchev–Trinajstić information content (AvgIpc) is 2.71. The molecule has 0 aromatic heterocycles. The molecular weight excluding hydrogens is 500 g/mol. The fraction of sp³-hybridized carbons (Fsp3) is 0.250. The number of halogens is 4. The lowest BCUT2D eigenvalue weighted by Crippen LogP contribution is -2.72. The Morgan fingerprint density at radius 1 is 0.906 bits per heavy atom. The van der Waals surface area contributed by atoms with E-state index in [9.17, 15) is 14.4 Å². The van der Waals surface area contributed by atoms with Crippen molar-refractivity contribution in [3.05, 3.63) is 56.5 Å². The van der Waals surface area contributed by atoms with Crippen molar-refractivity contribution in [3.8, 4) is 0 Å². The maximum absolute atomic E-state index is 13.0. The van der Waals surface area contributed by atoms with Gasteiger partial charge >= 0.3 is 0 Å². The number of fused-ring (bicyclic) bond motifs is 1. The van der Waals surface area contributed by atoms with E-state index in [0.29, 0.717) is 26.4 Å². The van der Waals surface area contributed by atoms with Crippen LogP contribution in [0, 0.1) is 11.8 Å². The Morgan fingerprint density at radius 3 is 2.16 bits per heavy atom. The Bertz CT molecular complexity index is 1100. The number of amides is 3. The smallest absolute Gasteiger partial charge is 0.229 e. The molecule has 5 N–H and O–H groups in total. The summed E-state index contributed by atoms with van der Waals surface area (Å²) in [4.78, 5) is 38.2. The van der Waals surface area contributed by atoms with Gasteiger partial charge in [0.15, 0.2) is 6.29 Å². The van der Waals surface area contributed by atoms with Crippen LogP contribution in [-0.2, 0) is 14.4 Å². The number of carbonyl (C=O) groups excluding carboxylic acids is 3. The Hall–Kier alpha value is -2.23. The van der Waals surface area contributed by atoms with Crippen LogP contribution in [0.3, 0.4) is 0 Å². The maximum Gasteiger partial charge on any atom is 0.229 e. The van der Waals surface area contributed by atoms with Gasteiger partial charge in [-0.2, -0.15) is 0 Å². The predicted molar refractivity (Wildman–Crippen MR) is 124 cm³/mol. The van der Waals surface area contributed by atoms with E-state index < -0.39 is 36.1 Å². The monoisotopic (exact) mass is 515 g/mol. The second kappa shape index (κ2) is 9.33. The molecule has 0 saturated carbocycles. The van der Waals surface area contributed by atoms with Crippen LogP contribution in [0.2, 0.25) is 20.1 Å². The number of carbonyl (C=O) groups is 3. The molecule has 8 nitrogen and oxygen atoms in total. The van der Waals surface area contributed by atoms with E-state index in [-0.39, 0.29) is 17.4 Å². The van der Waals surface area contributed by atoms with Crippen LogP contribution in [-0.4, -0.2) is 30.2 Å². The normalized spacial score (nSPS) is 24.8. The summed E-state index contributed by atoms with van der Waals surface area (Å²) in [6, 6.07) is 9.49. The zero-order chi connectivity index (χ0) is 23.0. The van der Waals surface area contributed by atoms with Gasteiger partial charge in [0.05, 0.1) is 39.4 Å². The topological polar surface area (TPSA) is 111 Å². The van der Waals surface area contributed by atoms with Gasteiger partial charge < -0.3 is 21.3 Å². The Kier molecular flexibility index (Phi) is 6.69. The van der Waals surface area contributed by atoms with Gasteiger partial charge in [-0.15, -0.1) is 0 Å². The fourth-order valence-electron chi connectivity index (χ4n) is 3.73. The first-order chi connectivity index (χ1) is 15.2. The second-order valence-electron chi connectivity index (χ2n) is 7.37. The quantitative estimate of drug-likeness (QED) is 0.427. The summed E-state index contributed by atoms with van der Waals surface area (Å²) in [6.07, 6.45) is -1.66. The minimum Gasteiger partial charge on any atom is -0.352 e. The molecule has 2 fully saturated rings. The van der Waals surface area contributed by atoms with E-state index in [1.807, 2.05) is 0 Å². The minimum atomic E-state index is -0.909. The highest BCUT2D eigenvalue weighted by Gasteiger charge is 2.48. The first-order valence-electron chi connectivity index (χ1n) is 9.54. The van der Waals surface area contributed by atoms with E-state index in [4.69, 9.17) is 46.4 Å². The molecule has 4 rings (SSSR count). The summed E-state index contributed by atoms with van der Waals surface area (Å²) >= 11 is 24.1. The number of nitrogens with one attached hydrogen (secondary N) is 5. The van der Waals surface area contributed by atoms with Crippen LogP contribution in [0.15, 0.2) is 36.4 Å². The molecule has 0 spiro atoms. The van der Waals surface area contributed by atoms with Gasteiger partial charge in [-0.05, 0) is 36.4 Å². The first-order valence-corrected chi connectivity index (χ1v) is 11.1. The maximum atomic E-state index is 13.0. The van der Waals surface area contributed by atoms with E-state index in [2.05, 4.69) is 26.6 Å². The van der Waals surface area contributed by atoms with Gasteiger partial charge in [0.25, 0.3) is 0 Å². The van der Waals surface area contributed by atoms with E-state index in [1.165, 1.54) is 6.07 Å². The van der Waals surface area contributed by atoms with Crippen molar-refractivity contribution >= 4 is 75.5 Å². The molecule has 2 aromatic carbocycles. The number of rotatable bonds is 4. The molecule has 0 bridgehead atoms. The standard InChI is InChI=1S/C20H17Cl4N5O3/c21-8-1-3-13(11(23)5-8)25-18(31)10-7-15(30)27-17-16(10)19(32)29-20(28-17)26-14-4-2-9(22)6-12(14)24/h1-6,10,16-17,20,26,28H,7H2,(H,25,31)(H,27,30)(H,29,32). The highest BCUT2D eigenvalue weighted by atomic mass is 35.5. The Morgan fingerprint density at radius 2 is 1.53 bits per heavy atom. The highest BCUT2D eigenvalue weighted by Crippen LogP contribution is 2.31. The summed E-state index contributed by atoms with van der Waals surface area (Å²) in [5.74, 6) is -3.01. The fourth-order valence-corrected chi connectivity index (χ4v) is 4.65. The van der Waals surface area contributed by atoms with Crippen LogP contribution < -0.4 is 26.6 Å². The second-order valence-corrected chi connectivity index (χ2v) is 9.06. The van der Waals surface area contributed by atoms with Crippen molar-refractivity contribution in [2.75, 3.05) is 10.6 Å². The van der Waals surface area contributed by atoms with Crippen LogP contribution in [0.4, 0.5) is 11.4 Å². The molecule has 168 valence electrons. The van der Waals surface area contributed by atoms with Crippen molar-refractivity contribution in [2.45, 2.75) is 18.9 Å². The molecule has 2 heterocycles. The predicted octanol–water partition coefficient (Wildman–Crippen LogP) is 3.43. The Balaban J connectivity index is 1.50. The van der Waals surface area contributed by atoms with Gasteiger partial charge in [0.1, 0.15) is 0 Å². The lowest BCUT2D eigenvalue weighted by atomic mass is 9.81. The average molecular weight is 517 g/mol. The zero-order valence-electron chi connectivity index (χ0n) is 16.2. The SMILES string of the molecule is O=C1CC(C(=O)Nc2ccc(Cl)cc2Cl)C2C(=O)NC(Nc3ccc(Cl)cc3Cl)NC2N1. The molecule has 2 aliphatic heterocycles. The van der Waals surface area contributed by atoms with Gasteiger partial charge in [0, 0.05) is 16.5 Å². The Labute approximate surface area is 203 Å². The van der Waals surface area contributed by atoms with E-state index in [1.54, 1.807) is 30.3 Å². The van der Waals surface area contributed by atoms with Gasteiger partial charge in [0.2, 0.25) is 17.7 Å². The third-order valence-corrected chi connectivity index (χ3v) is 6.30. The third kappa shape index (κ3) is 4.89.